The van der Waals surface area contributed by atoms with E-state index >= 15 is 0 Å². The summed E-state index contributed by atoms with van der Waals surface area (Å²) in [6.07, 6.45) is 1.70. The first-order valence-electron chi connectivity index (χ1n) is 5.83. The van der Waals surface area contributed by atoms with Crippen LogP contribution in [0.15, 0.2) is 36.5 Å². The maximum atomic E-state index is 6.15. The molecule has 0 aliphatic heterocycles. The molecule has 0 aliphatic carbocycles. The molecule has 3 nitrogen and oxygen atoms in total. The molecule has 2 rings (SSSR count). The van der Waals surface area contributed by atoms with Gasteiger partial charge >= 0.3 is 0 Å². The molecule has 1 aromatic carbocycles. The lowest BCUT2D eigenvalue weighted by molar-refractivity contribution is 0.335. The van der Waals surface area contributed by atoms with Crippen LogP contribution in [0.4, 0.5) is 0 Å². The topological polar surface area (TPSA) is 48.1 Å². The lowest BCUT2D eigenvalue weighted by Gasteiger charge is -2.10. The molecular formula is C14H15ClN2O. The maximum absolute atomic E-state index is 6.15. The Bertz CT molecular complexity index is 543. The predicted molar refractivity (Wildman–Crippen MR) is 73.7 cm³/mol. The highest BCUT2D eigenvalue weighted by Gasteiger charge is 2.08. The standard InChI is InChI=1S/C14H15ClN2O/c1-2-18-14-9-17-13(7-10(14)8-16)11-5-3-4-6-12(11)15/h3-7,9H,2,8,16H2,1H3. The van der Waals surface area contributed by atoms with Crippen LogP contribution in [0, 0.1) is 0 Å². The summed E-state index contributed by atoms with van der Waals surface area (Å²) in [4.78, 5) is 4.37. The summed E-state index contributed by atoms with van der Waals surface area (Å²) in [6.45, 7) is 2.94. The molecule has 1 aromatic heterocycles. The average Bonchev–Trinajstić information content (AvgIpc) is 2.40. The number of nitrogens with zero attached hydrogens (tertiary/aromatic N) is 1. The molecule has 0 saturated heterocycles. The molecule has 94 valence electrons. The smallest absolute Gasteiger partial charge is 0.142 e. The minimum Gasteiger partial charge on any atom is -0.492 e. The van der Waals surface area contributed by atoms with Crippen LogP contribution in [0.5, 0.6) is 5.75 Å². The van der Waals surface area contributed by atoms with Gasteiger partial charge in [-0.2, -0.15) is 0 Å². The minimum atomic E-state index is 0.412. The summed E-state index contributed by atoms with van der Waals surface area (Å²) in [5.41, 5.74) is 8.37. The monoisotopic (exact) mass is 262 g/mol. The zero-order valence-corrected chi connectivity index (χ0v) is 10.9. The summed E-state index contributed by atoms with van der Waals surface area (Å²) >= 11 is 6.15. The first-order chi connectivity index (χ1) is 8.76. The van der Waals surface area contributed by atoms with Crippen molar-refractivity contribution < 1.29 is 4.74 Å². The Morgan fingerprint density at radius 2 is 2.11 bits per heavy atom. The molecule has 0 unspecified atom stereocenters. The van der Waals surface area contributed by atoms with Crippen molar-refractivity contribution in [1.82, 2.24) is 4.98 Å². The number of hydrogen-bond acceptors (Lipinski definition) is 3. The minimum absolute atomic E-state index is 0.412. The quantitative estimate of drug-likeness (QED) is 0.920. The average molecular weight is 263 g/mol. The summed E-state index contributed by atoms with van der Waals surface area (Å²) in [7, 11) is 0. The van der Waals surface area contributed by atoms with Crippen molar-refractivity contribution in [2.24, 2.45) is 5.73 Å². The molecule has 0 amide bonds. The molecule has 2 aromatic rings. The van der Waals surface area contributed by atoms with Crippen LogP contribution < -0.4 is 10.5 Å². The first kappa shape index (κ1) is 12.9. The number of aromatic nitrogens is 1. The number of pyridine rings is 1. The van der Waals surface area contributed by atoms with Crippen molar-refractivity contribution in [2.75, 3.05) is 6.61 Å². The number of halogens is 1. The number of nitrogens with two attached hydrogens (primary N) is 1. The molecule has 0 spiro atoms. The molecule has 0 saturated carbocycles. The van der Waals surface area contributed by atoms with Crippen molar-refractivity contribution in [3.05, 3.63) is 47.1 Å². The van der Waals surface area contributed by atoms with Crippen LogP contribution in [0.1, 0.15) is 12.5 Å². The van der Waals surface area contributed by atoms with E-state index < -0.39 is 0 Å². The normalized spacial score (nSPS) is 10.4. The number of rotatable bonds is 4. The maximum Gasteiger partial charge on any atom is 0.142 e. The van der Waals surface area contributed by atoms with Gasteiger partial charge in [-0.3, -0.25) is 4.98 Å². The van der Waals surface area contributed by atoms with Gasteiger partial charge in [-0.05, 0) is 19.1 Å². The Labute approximate surface area is 112 Å². The number of hydrogen-bond donors (Lipinski definition) is 1. The van der Waals surface area contributed by atoms with E-state index in [0.29, 0.717) is 18.2 Å². The van der Waals surface area contributed by atoms with Gasteiger partial charge in [-0.1, -0.05) is 29.8 Å². The van der Waals surface area contributed by atoms with Gasteiger partial charge < -0.3 is 10.5 Å². The second kappa shape index (κ2) is 5.85. The summed E-state index contributed by atoms with van der Waals surface area (Å²) in [5, 5.41) is 0.678. The molecule has 0 fully saturated rings. The predicted octanol–water partition coefficient (Wildman–Crippen LogP) is 3.26. The van der Waals surface area contributed by atoms with Crippen LogP contribution >= 0.6 is 11.6 Å². The molecule has 18 heavy (non-hydrogen) atoms. The van der Waals surface area contributed by atoms with Gasteiger partial charge in [-0.15, -0.1) is 0 Å². The van der Waals surface area contributed by atoms with Gasteiger partial charge in [0, 0.05) is 22.7 Å². The molecule has 0 atom stereocenters. The van der Waals surface area contributed by atoms with E-state index in [1.54, 1.807) is 6.20 Å². The van der Waals surface area contributed by atoms with Crippen LogP contribution in [0.3, 0.4) is 0 Å². The SMILES string of the molecule is CCOc1cnc(-c2ccccc2Cl)cc1CN. The van der Waals surface area contributed by atoms with E-state index in [0.717, 1.165) is 22.6 Å². The van der Waals surface area contributed by atoms with E-state index in [4.69, 9.17) is 22.1 Å². The second-order valence-electron chi connectivity index (χ2n) is 3.79. The van der Waals surface area contributed by atoms with Crippen molar-refractivity contribution in [3.8, 4) is 17.0 Å². The third-order valence-corrected chi connectivity index (χ3v) is 2.95. The van der Waals surface area contributed by atoms with Gasteiger partial charge in [0.15, 0.2) is 0 Å². The largest absolute Gasteiger partial charge is 0.492 e. The Morgan fingerprint density at radius 1 is 1.33 bits per heavy atom. The first-order valence-corrected chi connectivity index (χ1v) is 6.20. The molecule has 0 aliphatic rings. The highest BCUT2D eigenvalue weighted by Crippen LogP contribution is 2.29. The van der Waals surface area contributed by atoms with Gasteiger partial charge in [0.2, 0.25) is 0 Å². The van der Waals surface area contributed by atoms with Crippen molar-refractivity contribution in [3.63, 3.8) is 0 Å². The fraction of sp³-hybridized carbons (Fsp3) is 0.214. The summed E-state index contributed by atoms with van der Waals surface area (Å²) in [6, 6.07) is 9.53. The van der Waals surface area contributed by atoms with Crippen molar-refractivity contribution in [2.45, 2.75) is 13.5 Å². The molecule has 2 N–H and O–H groups in total. The van der Waals surface area contributed by atoms with Crippen LogP contribution in [0.25, 0.3) is 11.3 Å². The number of benzene rings is 1. The van der Waals surface area contributed by atoms with E-state index in [1.807, 2.05) is 37.3 Å². The van der Waals surface area contributed by atoms with Crippen LogP contribution in [-0.4, -0.2) is 11.6 Å². The van der Waals surface area contributed by atoms with Crippen LogP contribution in [0.2, 0.25) is 5.02 Å². The fourth-order valence-electron chi connectivity index (χ4n) is 1.75. The second-order valence-corrected chi connectivity index (χ2v) is 4.20. The van der Waals surface area contributed by atoms with E-state index in [2.05, 4.69) is 4.98 Å². The molecule has 1 heterocycles. The third kappa shape index (κ3) is 2.63. The van der Waals surface area contributed by atoms with E-state index in [9.17, 15) is 0 Å². The van der Waals surface area contributed by atoms with Crippen molar-refractivity contribution >= 4 is 11.6 Å². The third-order valence-electron chi connectivity index (χ3n) is 2.62. The van der Waals surface area contributed by atoms with Gasteiger partial charge in [0.05, 0.1) is 18.5 Å². The van der Waals surface area contributed by atoms with Gasteiger partial charge in [0.25, 0.3) is 0 Å². The molecule has 0 radical (unpaired) electrons. The highest BCUT2D eigenvalue weighted by molar-refractivity contribution is 6.33. The van der Waals surface area contributed by atoms with Gasteiger partial charge in [-0.25, -0.2) is 0 Å². The highest BCUT2D eigenvalue weighted by atomic mass is 35.5. The molecular weight excluding hydrogens is 248 g/mol. The molecule has 4 heteroatoms. The lowest BCUT2D eigenvalue weighted by atomic mass is 10.1. The van der Waals surface area contributed by atoms with Crippen molar-refractivity contribution in [1.29, 1.82) is 0 Å². The fourth-order valence-corrected chi connectivity index (χ4v) is 1.98. The Balaban J connectivity index is 2.44. The Kier molecular flexibility index (Phi) is 4.18. The summed E-state index contributed by atoms with van der Waals surface area (Å²) < 4.78 is 5.47. The zero-order chi connectivity index (χ0) is 13.0. The summed E-state index contributed by atoms with van der Waals surface area (Å²) in [5.74, 6) is 0.732. The van der Waals surface area contributed by atoms with Crippen LogP contribution in [-0.2, 0) is 6.54 Å². The Hall–Kier alpha value is -1.58. The Morgan fingerprint density at radius 3 is 2.78 bits per heavy atom. The van der Waals surface area contributed by atoms with E-state index in [1.165, 1.54) is 0 Å². The lowest BCUT2D eigenvalue weighted by Crippen LogP contribution is -2.03. The number of ether oxygens (including phenoxy) is 1. The molecule has 0 bridgehead atoms. The zero-order valence-electron chi connectivity index (χ0n) is 10.2. The van der Waals surface area contributed by atoms with Gasteiger partial charge in [0.1, 0.15) is 5.75 Å². The van der Waals surface area contributed by atoms with E-state index in [-0.39, 0.29) is 0 Å².